The molecule has 1 aromatic heterocycles. The van der Waals surface area contributed by atoms with Crippen LogP contribution in [0.3, 0.4) is 0 Å². The van der Waals surface area contributed by atoms with Crippen LogP contribution in [-0.4, -0.2) is 24.3 Å². The zero-order valence-electron chi connectivity index (χ0n) is 14.3. The fourth-order valence-electron chi connectivity index (χ4n) is 3.87. The van der Waals surface area contributed by atoms with Crippen LogP contribution in [0.5, 0.6) is 11.5 Å². The number of aromatic nitrogens is 1. The third-order valence-corrected chi connectivity index (χ3v) is 5.11. The molecule has 0 bridgehead atoms. The smallest absolute Gasteiger partial charge is 0.163 e. The first-order valence-electron chi connectivity index (χ1n) is 8.77. The van der Waals surface area contributed by atoms with E-state index in [-0.39, 0.29) is 7.43 Å². The largest absolute Gasteiger partial charge is 0.486 e. The van der Waals surface area contributed by atoms with Gasteiger partial charge in [-0.1, -0.05) is 13.5 Å². The van der Waals surface area contributed by atoms with Crippen LogP contribution in [0.1, 0.15) is 18.7 Å². The molecule has 2 aliphatic rings. The summed E-state index contributed by atoms with van der Waals surface area (Å²) in [4.78, 5) is 0. The molecule has 2 aliphatic heterocycles. The van der Waals surface area contributed by atoms with Gasteiger partial charge in [-0.2, -0.15) is 0 Å². The van der Waals surface area contributed by atoms with E-state index in [1.807, 2.05) is 18.2 Å². The van der Waals surface area contributed by atoms with Gasteiger partial charge >= 0.3 is 0 Å². The molecule has 5 rings (SSSR count). The summed E-state index contributed by atoms with van der Waals surface area (Å²) >= 11 is 0. The zero-order valence-corrected chi connectivity index (χ0v) is 14.3. The van der Waals surface area contributed by atoms with Crippen molar-refractivity contribution in [1.82, 2.24) is 9.88 Å². The first kappa shape index (κ1) is 16.8. The molecule has 0 saturated carbocycles. The Bertz CT molecular complexity index is 962. The van der Waals surface area contributed by atoms with Crippen LogP contribution in [0, 0.1) is 0 Å². The van der Waals surface area contributed by atoms with Gasteiger partial charge in [0.15, 0.2) is 11.5 Å². The van der Waals surface area contributed by atoms with E-state index in [2.05, 4.69) is 40.4 Å². The second kappa shape index (κ2) is 6.57. The number of hydrogen-bond donors (Lipinski definition) is 2. The summed E-state index contributed by atoms with van der Waals surface area (Å²) in [6.45, 7) is 3.23. The lowest BCUT2D eigenvalue weighted by atomic mass is 10.1. The Labute approximate surface area is 153 Å². The number of aryl methyl sites for hydroxylation is 1. The van der Waals surface area contributed by atoms with Gasteiger partial charge in [-0.05, 0) is 29.8 Å². The summed E-state index contributed by atoms with van der Waals surface area (Å²) in [5, 5.41) is 8.31. The van der Waals surface area contributed by atoms with Crippen LogP contribution in [-0.2, 0) is 20.0 Å². The number of fused-ring (bicyclic) bond motifs is 4. The van der Waals surface area contributed by atoms with Gasteiger partial charge in [0.1, 0.15) is 13.2 Å². The van der Waals surface area contributed by atoms with E-state index in [9.17, 15) is 0 Å². The van der Waals surface area contributed by atoms with Crippen LogP contribution in [0.2, 0.25) is 0 Å². The highest BCUT2D eigenvalue weighted by molar-refractivity contribution is 5.89. The third-order valence-electron chi connectivity index (χ3n) is 5.11. The van der Waals surface area contributed by atoms with Gasteiger partial charge in [0.2, 0.25) is 0 Å². The molecule has 26 heavy (non-hydrogen) atoms. The second-order valence-electron chi connectivity index (χ2n) is 6.63. The number of benzene rings is 2. The molecule has 0 radical (unpaired) electrons. The molecular weight excluding hydrogens is 326 g/mol. The number of anilines is 2. The van der Waals surface area contributed by atoms with E-state index in [0.717, 1.165) is 42.4 Å². The van der Waals surface area contributed by atoms with Crippen molar-refractivity contribution in [3.63, 3.8) is 0 Å². The fourth-order valence-corrected chi connectivity index (χ4v) is 3.87. The topological polar surface area (TPSA) is 47.5 Å². The van der Waals surface area contributed by atoms with Crippen molar-refractivity contribution in [2.24, 2.45) is 7.05 Å². The van der Waals surface area contributed by atoms with Crippen molar-refractivity contribution < 1.29 is 9.47 Å². The highest BCUT2D eigenvalue weighted by Crippen LogP contribution is 2.35. The summed E-state index contributed by atoms with van der Waals surface area (Å²) in [6, 6.07) is 12.6. The SMILES string of the molecule is C.Cn1c2c(c3ccc(Nc4ccc5c(c4)OCCO5)cc31)CNCC2. The number of rotatable bonds is 2. The number of hydrogen-bond acceptors (Lipinski definition) is 4. The average Bonchev–Trinajstić information content (AvgIpc) is 2.94. The molecule has 0 aliphatic carbocycles. The normalized spacial score (nSPS) is 15.3. The Hall–Kier alpha value is -2.66. The van der Waals surface area contributed by atoms with Crippen molar-refractivity contribution in [2.45, 2.75) is 20.4 Å². The van der Waals surface area contributed by atoms with Gasteiger partial charge in [-0.3, -0.25) is 0 Å². The number of nitrogens with one attached hydrogen (secondary N) is 2. The standard InChI is InChI=1S/C20H21N3O2.CH4/c1-23-17-6-7-21-12-16(17)15-4-2-13(10-18(15)23)22-14-3-5-19-20(11-14)25-9-8-24-19;/h2-5,10-11,21-22H,6-9,12H2,1H3;1H4. The number of ether oxygens (including phenoxy) is 2. The molecule has 0 spiro atoms. The summed E-state index contributed by atoms with van der Waals surface area (Å²) in [7, 11) is 2.17. The Morgan fingerprint density at radius 1 is 1.00 bits per heavy atom. The third kappa shape index (κ3) is 2.69. The van der Waals surface area contributed by atoms with Gasteiger partial charge in [0.25, 0.3) is 0 Å². The molecule has 3 aromatic rings. The Kier molecular flexibility index (Phi) is 4.24. The predicted octanol–water partition coefficient (Wildman–Crippen LogP) is 3.97. The average molecular weight is 351 g/mol. The molecule has 3 heterocycles. The van der Waals surface area contributed by atoms with E-state index in [1.54, 1.807) is 0 Å². The van der Waals surface area contributed by atoms with Gasteiger partial charge in [-0.15, -0.1) is 0 Å². The first-order chi connectivity index (χ1) is 12.3. The maximum absolute atomic E-state index is 5.67. The molecule has 0 atom stereocenters. The molecule has 0 saturated heterocycles. The molecule has 2 N–H and O–H groups in total. The quantitative estimate of drug-likeness (QED) is 0.733. The number of nitrogens with zero attached hydrogens (tertiary/aromatic N) is 1. The van der Waals surface area contributed by atoms with E-state index in [4.69, 9.17) is 9.47 Å². The highest BCUT2D eigenvalue weighted by Gasteiger charge is 2.18. The van der Waals surface area contributed by atoms with Gasteiger partial charge in [0.05, 0.1) is 5.52 Å². The fraction of sp³-hybridized carbons (Fsp3) is 0.333. The van der Waals surface area contributed by atoms with E-state index in [1.165, 1.54) is 22.2 Å². The van der Waals surface area contributed by atoms with Crippen LogP contribution in [0.4, 0.5) is 11.4 Å². The van der Waals surface area contributed by atoms with Gasteiger partial charge in [-0.25, -0.2) is 0 Å². The molecule has 5 nitrogen and oxygen atoms in total. The minimum atomic E-state index is 0. The maximum atomic E-state index is 5.67. The van der Waals surface area contributed by atoms with Crippen LogP contribution in [0.15, 0.2) is 36.4 Å². The maximum Gasteiger partial charge on any atom is 0.163 e. The van der Waals surface area contributed by atoms with Crippen LogP contribution < -0.4 is 20.1 Å². The molecule has 136 valence electrons. The second-order valence-corrected chi connectivity index (χ2v) is 6.63. The van der Waals surface area contributed by atoms with Crippen molar-refractivity contribution in [1.29, 1.82) is 0 Å². The monoisotopic (exact) mass is 351 g/mol. The van der Waals surface area contributed by atoms with E-state index < -0.39 is 0 Å². The lowest BCUT2D eigenvalue weighted by Crippen LogP contribution is -2.24. The predicted molar refractivity (Wildman–Crippen MR) is 106 cm³/mol. The Morgan fingerprint density at radius 3 is 2.65 bits per heavy atom. The van der Waals surface area contributed by atoms with Crippen LogP contribution >= 0.6 is 0 Å². The van der Waals surface area contributed by atoms with Crippen LogP contribution in [0.25, 0.3) is 10.9 Å². The molecular formula is C21H25N3O2. The van der Waals surface area contributed by atoms with Crippen molar-refractivity contribution in [3.8, 4) is 11.5 Å². The first-order valence-corrected chi connectivity index (χ1v) is 8.77. The Morgan fingerprint density at radius 2 is 1.77 bits per heavy atom. The van der Waals surface area contributed by atoms with Crippen molar-refractivity contribution in [2.75, 3.05) is 25.1 Å². The van der Waals surface area contributed by atoms with E-state index in [0.29, 0.717) is 13.2 Å². The van der Waals surface area contributed by atoms with E-state index >= 15 is 0 Å². The molecule has 0 amide bonds. The molecule has 5 heteroatoms. The minimum Gasteiger partial charge on any atom is -0.486 e. The summed E-state index contributed by atoms with van der Waals surface area (Å²) < 4.78 is 13.6. The molecule has 0 fully saturated rings. The lowest BCUT2D eigenvalue weighted by Gasteiger charge is -2.19. The lowest BCUT2D eigenvalue weighted by molar-refractivity contribution is 0.171. The van der Waals surface area contributed by atoms with Gasteiger partial charge in [0, 0.05) is 55.1 Å². The summed E-state index contributed by atoms with van der Waals surface area (Å²) in [5.41, 5.74) is 6.25. The molecule has 0 unspecified atom stereocenters. The summed E-state index contributed by atoms with van der Waals surface area (Å²) in [6.07, 6.45) is 1.09. The van der Waals surface area contributed by atoms with Gasteiger partial charge < -0.3 is 24.7 Å². The highest BCUT2D eigenvalue weighted by atomic mass is 16.6. The van der Waals surface area contributed by atoms with Crippen molar-refractivity contribution in [3.05, 3.63) is 47.7 Å². The minimum absolute atomic E-state index is 0. The zero-order chi connectivity index (χ0) is 16.8. The Balaban J connectivity index is 0.00000168. The summed E-state index contributed by atoms with van der Waals surface area (Å²) in [5.74, 6) is 1.62. The van der Waals surface area contributed by atoms with Crippen molar-refractivity contribution >= 4 is 22.3 Å². The molecule has 2 aromatic carbocycles.